The van der Waals surface area contributed by atoms with Crippen LogP contribution in [0.15, 0.2) is 0 Å². The van der Waals surface area contributed by atoms with Crippen molar-refractivity contribution >= 4 is 6.09 Å². The molecule has 0 saturated carbocycles. The molecule has 76 valence electrons. The highest BCUT2D eigenvalue weighted by Crippen LogP contribution is 2.19. The van der Waals surface area contributed by atoms with Crippen LogP contribution in [0.2, 0.25) is 0 Å². The van der Waals surface area contributed by atoms with Gasteiger partial charge in [0.1, 0.15) is 0 Å². The number of nitrogens with zero attached hydrogens (tertiary/aromatic N) is 1. The Labute approximate surface area is 79.0 Å². The van der Waals surface area contributed by atoms with Crippen molar-refractivity contribution in [1.29, 1.82) is 0 Å². The molecule has 0 aromatic heterocycles. The van der Waals surface area contributed by atoms with Crippen LogP contribution in [-0.2, 0) is 4.74 Å². The van der Waals surface area contributed by atoms with E-state index in [0.717, 1.165) is 25.9 Å². The molecular weight excluding hydrogens is 168 g/mol. The molecule has 1 aliphatic rings. The van der Waals surface area contributed by atoms with Gasteiger partial charge in [0.05, 0.1) is 7.11 Å². The van der Waals surface area contributed by atoms with Crippen LogP contribution in [0.25, 0.3) is 0 Å². The molecule has 0 radical (unpaired) electrons. The Kier molecular flexibility index (Phi) is 3.54. The van der Waals surface area contributed by atoms with E-state index in [2.05, 4.69) is 4.74 Å². The fourth-order valence-corrected chi connectivity index (χ4v) is 1.74. The van der Waals surface area contributed by atoms with Crippen LogP contribution in [0.3, 0.4) is 0 Å². The topological polar surface area (TPSA) is 55.6 Å². The van der Waals surface area contributed by atoms with Gasteiger partial charge in [-0.2, -0.15) is 0 Å². The summed E-state index contributed by atoms with van der Waals surface area (Å²) in [6.07, 6.45) is 1.77. The molecule has 0 aromatic carbocycles. The second-order valence-electron chi connectivity index (χ2n) is 3.65. The highest BCUT2D eigenvalue weighted by Gasteiger charge is 2.24. The number of nitrogens with two attached hydrogens (primary N) is 1. The molecule has 0 aromatic rings. The standard InChI is InChI=1S/C9H18N2O2/c1-7(10)8-3-5-11(6-4-8)9(12)13-2/h7-8H,3-6,10H2,1-2H3/t7-/m0/s1. The minimum atomic E-state index is -0.219. The number of carbonyl (C=O) groups is 1. The fourth-order valence-electron chi connectivity index (χ4n) is 1.74. The average molecular weight is 186 g/mol. The summed E-state index contributed by atoms with van der Waals surface area (Å²) in [5.41, 5.74) is 5.79. The normalized spacial score (nSPS) is 21.3. The lowest BCUT2D eigenvalue weighted by Crippen LogP contribution is -2.42. The van der Waals surface area contributed by atoms with Crippen LogP contribution in [0.1, 0.15) is 19.8 Å². The zero-order valence-electron chi connectivity index (χ0n) is 8.32. The van der Waals surface area contributed by atoms with Crippen LogP contribution in [0.4, 0.5) is 4.79 Å². The Morgan fingerprint density at radius 1 is 1.54 bits per heavy atom. The SMILES string of the molecule is COC(=O)N1CCC([C@H](C)N)CC1. The third-order valence-corrected chi connectivity index (χ3v) is 2.72. The second-order valence-corrected chi connectivity index (χ2v) is 3.65. The molecule has 0 unspecified atom stereocenters. The number of methoxy groups -OCH3 is 1. The zero-order chi connectivity index (χ0) is 9.84. The predicted octanol–water partition coefficient (Wildman–Crippen LogP) is 0.812. The molecule has 1 atom stereocenters. The zero-order valence-corrected chi connectivity index (χ0v) is 8.32. The quantitative estimate of drug-likeness (QED) is 0.659. The molecule has 1 aliphatic heterocycles. The lowest BCUT2D eigenvalue weighted by atomic mass is 9.91. The van der Waals surface area contributed by atoms with Gasteiger partial charge in [-0.25, -0.2) is 4.79 Å². The Balaban J connectivity index is 2.34. The average Bonchev–Trinajstić information content (AvgIpc) is 2.17. The van der Waals surface area contributed by atoms with Crippen LogP contribution in [0, 0.1) is 5.92 Å². The van der Waals surface area contributed by atoms with E-state index in [9.17, 15) is 4.79 Å². The summed E-state index contributed by atoms with van der Waals surface area (Å²) in [6, 6.07) is 0.236. The van der Waals surface area contributed by atoms with Crippen LogP contribution < -0.4 is 5.73 Å². The molecule has 1 heterocycles. The van der Waals surface area contributed by atoms with Gasteiger partial charge < -0.3 is 15.4 Å². The van der Waals surface area contributed by atoms with Crippen LogP contribution in [-0.4, -0.2) is 37.2 Å². The van der Waals surface area contributed by atoms with Gasteiger partial charge in [0.25, 0.3) is 0 Å². The van der Waals surface area contributed by atoms with Crippen molar-refractivity contribution in [2.45, 2.75) is 25.8 Å². The first-order valence-electron chi connectivity index (χ1n) is 4.73. The number of piperidine rings is 1. The summed E-state index contributed by atoms with van der Waals surface area (Å²) in [6.45, 7) is 3.58. The van der Waals surface area contributed by atoms with E-state index in [1.54, 1.807) is 4.90 Å². The maximum atomic E-state index is 11.1. The van der Waals surface area contributed by atoms with Gasteiger partial charge in [0.15, 0.2) is 0 Å². The van der Waals surface area contributed by atoms with Crippen molar-refractivity contribution in [2.24, 2.45) is 11.7 Å². The molecule has 1 fully saturated rings. The molecule has 0 spiro atoms. The first-order valence-corrected chi connectivity index (χ1v) is 4.73. The smallest absolute Gasteiger partial charge is 0.409 e. The minimum absolute atomic E-state index is 0.219. The van der Waals surface area contributed by atoms with E-state index >= 15 is 0 Å². The highest BCUT2D eigenvalue weighted by molar-refractivity contribution is 5.67. The number of rotatable bonds is 1. The summed E-state index contributed by atoms with van der Waals surface area (Å²) in [4.78, 5) is 12.9. The maximum Gasteiger partial charge on any atom is 0.409 e. The van der Waals surface area contributed by atoms with E-state index in [-0.39, 0.29) is 12.1 Å². The van der Waals surface area contributed by atoms with Crippen LogP contribution >= 0.6 is 0 Å². The number of amides is 1. The summed E-state index contributed by atoms with van der Waals surface area (Å²) < 4.78 is 4.64. The Hall–Kier alpha value is -0.770. The number of carbonyl (C=O) groups excluding carboxylic acids is 1. The Bertz CT molecular complexity index is 174. The van der Waals surface area contributed by atoms with Crippen LogP contribution in [0.5, 0.6) is 0 Å². The summed E-state index contributed by atoms with van der Waals surface area (Å²) in [7, 11) is 1.42. The first-order chi connectivity index (χ1) is 6.15. The van der Waals surface area contributed by atoms with E-state index in [1.807, 2.05) is 6.92 Å². The first kappa shape index (κ1) is 10.3. The van der Waals surface area contributed by atoms with Crippen molar-refractivity contribution in [2.75, 3.05) is 20.2 Å². The monoisotopic (exact) mass is 186 g/mol. The van der Waals surface area contributed by atoms with Gasteiger partial charge in [-0.15, -0.1) is 0 Å². The largest absolute Gasteiger partial charge is 0.453 e. The predicted molar refractivity (Wildman–Crippen MR) is 50.4 cm³/mol. The molecule has 4 nitrogen and oxygen atoms in total. The van der Waals surface area contributed by atoms with Gasteiger partial charge in [-0.05, 0) is 25.7 Å². The number of hydrogen-bond acceptors (Lipinski definition) is 3. The summed E-state index contributed by atoms with van der Waals surface area (Å²) in [5.74, 6) is 0.556. The number of ether oxygens (including phenoxy) is 1. The van der Waals surface area contributed by atoms with Crippen molar-refractivity contribution in [1.82, 2.24) is 4.90 Å². The molecule has 13 heavy (non-hydrogen) atoms. The van der Waals surface area contributed by atoms with Gasteiger partial charge in [-0.3, -0.25) is 0 Å². The highest BCUT2D eigenvalue weighted by atomic mass is 16.5. The van der Waals surface area contributed by atoms with E-state index in [4.69, 9.17) is 5.73 Å². The maximum absolute atomic E-state index is 11.1. The number of likely N-dealkylation sites (tertiary alicyclic amines) is 1. The molecule has 1 saturated heterocycles. The lowest BCUT2D eigenvalue weighted by molar-refractivity contribution is 0.103. The Morgan fingerprint density at radius 3 is 2.46 bits per heavy atom. The van der Waals surface area contributed by atoms with Gasteiger partial charge in [0, 0.05) is 19.1 Å². The van der Waals surface area contributed by atoms with E-state index < -0.39 is 0 Å². The third kappa shape index (κ3) is 2.59. The van der Waals surface area contributed by atoms with Crippen molar-refractivity contribution in [3.8, 4) is 0 Å². The Morgan fingerprint density at radius 2 is 2.08 bits per heavy atom. The fraction of sp³-hybridized carbons (Fsp3) is 0.889. The van der Waals surface area contributed by atoms with Gasteiger partial charge in [-0.1, -0.05) is 0 Å². The summed E-state index contributed by atoms with van der Waals surface area (Å²) >= 11 is 0. The number of hydrogen-bond donors (Lipinski definition) is 1. The molecule has 1 amide bonds. The molecule has 0 aliphatic carbocycles. The molecule has 1 rings (SSSR count). The second kappa shape index (κ2) is 4.46. The van der Waals surface area contributed by atoms with Gasteiger partial charge in [0.2, 0.25) is 0 Å². The van der Waals surface area contributed by atoms with Crippen molar-refractivity contribution in [3.05, 3.63) is 0 Å². The third-order valence-electron chi connectivity index (χ3n) is 2.72. The van der Waals surface area contributed by atoms with E-state index in [1.165, 1.54) is 7.11 Å². The molecule has 0 bridgehead atoms. The van der Waals surface area contributed by atoms with Gasteiger partial charge >= 0.3 is 6.09 Å². The lowest BCUT2D eigenvalue weighted by Gasteiger charge is -2.32. The minimum Gasteiger partial charge on any atom is -0.453 e. The molecular formula is C9H18N2O2. The van der Waals surface area contributed by atoms with Crippen molar-refractivity contribution in [3.63, 3.8) is 0 Å². The molecule has 4 heteroatoms. The summed E-state index contributed by atoms with van der Waals surface area (Å²) in [5, 5.41) is 0. The van der Waals surface area contributed by atoms with E-state index in [0.29, 0.717) is 5.92 Å². The van der Waals surface area contributed by atoms with Crippen molar-refractivity contribution < 1.29 is 9.53 Å². The molecule has 2 N–H and O–H groups in total.